The number of carbonyl (C=O) groups excluding carboxylic acids is 1. The van der Waals surface area contributed by atoms with Gasteiger partial charge in [-0.1, -0.05) is 25.3 Å². The van der Waals surface area contributed by atoms with Crippen molar-refractivity contribution in [2.45, 2.75) is 44.6 Å². The molecule has 3 rings (SSSR count). The van der Waals surface area contributed by atoms with E-state index < -0.39 is 0 Å². The molecule has 1 atom stereocenters. The third-order valence-electron chi connectivity index (χ3n) is 4.44. The van der Waals surface area contributed by atoms with Gasteiger partial charge in [0.05, 0.1) is 17.0 Å². The molecule has 1 aliphatic carbocycles. The molecular weight excluding hydrogens is 326 g/mol. The molecule has 1 aliphatic rings. The predicted molar refractivity (Wildman–Crippen MR) is 96.7 cm³/mol. The summed E-state index contributed by atoms with van der Waals surface area (Å²) in [7, 11) is 0. The van der Waals surface area contributed by atoms with Crippen molar-refractivity contribution in [3.8, 4) is 9.88 Å². The summed E-state index contributed by atoms with van der Waals surface area (Å²) >= 11 is 3.27. The smallest absolute Gasteiger partial charge is 0.226 e. The average molecular weight is 350 g/mol. The Morgan fingerprint density at radius 2 is 2.17 bits per heavy atom. The molecule has 4 nitrogen and oxygen atoms in total. The maximum atomic E-state index is 12.3. The van der Waals surface area contributed by atoms with Gasteiger partial charge < -0.3 is 11.1 Å². The highest BCUT2D eigenvalue weighted by Gasteiger charge is 2.24. The predicted octanol–water partition coefficient (Wildman–Crippen LogP) is 3.44. The lowest BCUT2D eigenvalue weighted by Crippen LogP contribution is -2.46. The SMILES string of the molecule is NCC(NC(=O)Cc1csc(-c2cccs2)n1)C1CCCCC1. The van der Waals surface area contributed by atoms with Crippen LogP contribution in [0.2, 0.25) is 0 Å². The number of nitrogens with two attached hydrogens (primary N) is 1. The summed E-state index contributed by atoms with van der Waals surface area (Å²) in [5.41, 5.74) is 6.73. The molecule has 0 aromatic carbocycles. The zero-order chi connectivity index (χ0) is 16.1. The zero-order valence-electron chi connectivity index (χ0n) is 13.2. The topological polar surface area (TPSA) is 68.0 Å². The number of hydrogen-bond acceptors (Lipinski definition) is 5. The van der Waals surface area contributed by atoms with E-state index in [9.17, 15) is 4.79 Å². The molecule has 6 heteroatoms. The lowest BCUT2D eigenvalue weighted by atomic mass is 9.84. The highest BCUT2D eigenvalue weighted by Crippen LogP contribution is 2.28. The van der Waals surface area contributed by atoms with Gasteiger partial charge in [0.2, 0.25) is 5.91 Å². The van der Waals surface area contributed by atoms with Crippen LogP contribution in [0.25, 0.3) is 9.88 Å². The largest absolute Gasteiger partial charge is 0.351 e. The molecule has 1 saturated carbocycles. The van der Waals surface area contributed by atoms with Gasteiger partial charge in [0.25, 0.3) is 0 Å². The first-order valence-corrected chi connectivity index (χ1v) is 10.00. The Hall–Kier alpha value is -1.24. The van der Waals surface area contributed by atoms with Gasteiger partial charge in [-0.15, -0.1) is 22.7 Å². The van der Waals surface area contributed by atoms with Gasteiger partial charge in [-0.25, -0.2) is 4.98 Å². The lowest BCUT2D eigenvalue weighted by Gasteiger charge is -2.30. The van der Waals surface area contributed by atoms with E-state index in [1.807, 2.05) is 16.8 Å². The number of aromatic nitrogens is 1. The summed E-state index contributed by atoms with van der Waals surface area (Å²) in [6.45, 7) is 0.522. The number of carbonyl (C=O) groups is 1. The second-order valence-corrected chi connectivity index (χ2v) is 7.91. The summed E-state index contributed by atoms with van der Waals surface area (Å²) in [4.78, 5) is 18.1. The summed E-state index contributed by atoms with van der Waals surface area (Å²) in [6.07, 6.45) is 6.53. The molecule has 0 aliphatic heterocycles. The lowest BCUT2D eigenvalue weighted by molar-refractivity contribution is -0.121. The van der Waals surface area contributed by atoms with Crippen LogP contribution in [0.15, 0.2) is 22.9 Å². The van der Waals surface area contributed by atoms with Gasteiger partial charge in [0, 0.05) is 18.0 Å². The van der Waals surface area contributed by atoms with Crippen LogP contribution in [-0.4, -0.2) is 23.5 Å². The van der Waals surface area contributed by atoms with Crippen molar-refractivity contribution in [3.63, 3.8) is 0 Å². The number of amides is 1. The molecule has 0 bridgehead atoms. The molecule has 23 heavy (non-hydrogen) atoms. The minimum Gasteiger partial charge on any atom is -0.351 e. The highest BCUT2D eigenvalue weighted by atomic mass is 32.1. The van der Waals surface area contributed by atoms with E-state index in [4.69, 9.17) is 5.73 Å². The first-order valence-electron chi connectivity index (χ1n) is 8.24. The van der Waals surface area contributed by atoms with Gasteiger partial charge in [0.1, 0.15) is 5.01 Å². The van der Waals surface area contributed by atoms with E-state index in [0.29, 0.717) is 18.9 Å². The quantitative estimate of drug-likeness (QED) is 0.839. The molecule has 1 fully saturated rings. The Morgan fingerprint density at radius 3 is 2.87 bits per heavy atom. The van der Waals surface area contributed by atoms with Gasteiger partial charge in [-0.3, -0.25) is 4.79 Å². The fraction of sp³-hybridized carbons (Fsp3) is 0.529. The Balaban J connectivity index is 1.56. The average Bonchev–Trinajstić information content (AvgIpc) is 3.24. The van der Waals surface area contributed by atoms with Gasteiger partial charge >= 0.3 is 0 Å². The van der Waals surface area contributed by atoms with Crippen LogP contribution in [0.5, 0.6) is 0 Å². The molecule has 1 unspecified atom stereocenters. The molecule has 2 heterocycles. The second kappa shape index (κ2) is 8.04. The number of thiazole rings is 1. The van der Waals surface area contributed by atoms with E-state index in [1.54, 1.807) is 22.7 Å². The van der Waals surface area contributed by atoms with Crippen LogP contribution in [0.3, 0.4) is 0 Å². The molecular formula is C17H23N3OS2. The first-order chi connectivity index (χ1) is 11.3. The van der Waals surface area contributed by atoms with Crippen molar-refractivity contribution in [2.75, 3.05) is 6.54 Å². The Labute approximate surface area is 145 Å². The molecule has 1 amide bonds. The molecule has 0 spiro atoms. The zero-order valence-corrected chi connectivity index (χ0v) is 14.8. The minimum absolute atomic E-state index is 0.0362. The van der Waals surface area contributed by atoms with Crippen LogP contribution < -0.4 is 11.1 Å². The van der Waals surface area contributed by atoms with E-state index in [0.717, 1.165) is 15.6 Å². The Kier molecular flexibility index (Phi) is 5.80. The fourth-order valence-corrected chi connectivity index (χ4v) is 4.86. The summed E-state index contributed by atoms with van der Waals surface area (Å²) in [5.74, 6) is 0.573. The summed E-state index contributed by atoms with van der Waals surface area (Å²) < 4.78 is 0. The van der Waals surface area contributed by atoms with Crippen molar-refractivity contribution in [1.29, 1.82) is 0 Å². The van der Waals surface area contributed by atoms with E-state index >= 15 is 0 Å². The van der Waals surface area contributed by atoms with E-state index in [1.165, 1.54) is 32.1 Å². The number of rotatable bonds is 6. The maximum absolute atomic E-state index is 12.3. The molecule has 124 valence electrons. The first kappa shape index (κ1) is 16.6. The molecule has 0 saturated heterocycles. The fourth-order valence-electron chi connectivity index (χ4n) is 3.23. The van der Waals surface area contributed by atoms with E-state index in [-0.39, 0.29) is 11.9 Å². The number of nitrogens with zero attached hydrogens (tertiary/aromatic N) is 1. The van der Waals surface area contributed by atoms with Crippen molar-refractivity contribution in [2.24, 2.45) is 11.7 Å². The number of nitrogens with one attached hydrogen (secondary N) is 1. The van der Waals surface area contributed by atoms with Crippen LogP contribution in [-0.2, 0) is 11.2 Å². The van der Waals surface area contributed by atoms with Crippen LogP contribution >= 0.6 is 22.7 Å². The maximum Gasteiger partial charge on any atom is 0.226 e. The molecule has 0 radical (unpaired) electrons. The monoisotopic (exact) mass is 349 g/mol. The van der Waals surface area contributed by atoms with Gasteiger partial charge in [0.15, 0.2) is 0 Å². The van der Waals surface area contributed by atoms with Crippen molar-refractivity contribution >= 4 is 28.6 Å². The Bertz CT molecular complexity index is 618. The standard InChI is InChI=1S/C17H23N3OS2/c18-10-14(12-5-2-1-3-6-12)20-16(21)9-13-11-23-17(19-13)15-7-4-8-22-15/h4,7-8,11-12,14H,1-3,5-6,9-10,18H2,(H,20,21). The Morgan fingerprint density at radius 1 is 1.35 bits per heavy atom. The number of hydrogen-bond donors (Lipinski definition) is 2. The normalized spacial score (nSPS) is 17.1. The highest BCUT2D eigenvalue weighted by molar-refractivity contribution is 7.20. The van der Waals surface area contributed by atoms with Crippen molar-refractivity contribution < 1.29 is 4.79 Å². The van der Waals surface area contributed by atoms with Crippen molar-refractivity contribution in [1.82, 2.24) is 10.3 Å². The minimum atomic E-state index is 0.0362. The summed E-state index contributed by atoms with van der Waals surface area (Å²) in [5, 5.41) is 8.14. The molecule has 3 N–H and O–H groups in total. The van der Waals surface area contributed by atoms with Crippen LogP contribution in [0, 0.1) is 5.92 Å². The van der Waals surface area contributed by atoms with E-state index in [2.05, 4.69) is 16.4 Å². The van der Waals surface area contributed by atoms with Crippen LogP contribution in [0.1, 0.15) is 37.8 Å². The van der Waals surface area contributed by atoms with Crippen LogP contribution in [0.4, 0.5) is 0 Å². The van der Waals surface area contributed by atoms with Gasteiger partial charge in [-0.2, -0.15) is 0 Å². The molecule has 2 aromatic rings. The number of thiophene rings is 1. The van der Waals surface area contributed by atoms with Gasteiger partial charge in [-0.05, 0) is 30.2 Å². The third-order valence-corrected chi connectivity index (χ3v) is 6.37. The summed E-state index contributed by atoms with van der Waals surface area (Å²) in [6, 6.07) is 4.18. The van der Waals surface area contributed by atoms with Crippen molar-refractivity contribution in [3.05, 3.63) is 28.6 Å². The third kappa shape index (κ3) is 4.40. The molecule has 2 aromatic heterocycles. The second-order valence-electron chi connectivity index (χ2n) is 6.11.